The zero-order chi connectivity index (χ0) is 10.6. The van der Waals surface area contributed by atoms with Gasteiger partial charge in [-0.15, -0.1) is 0 Å². The summed E-state index contributed by atoms with van der Waals surface area (Å²) in [6.45, 7) is 5.88. The van der Waals surface area contributed by atoms with Crippen molar-refractivity contribution < 1.29 is 14.2 Å². The molecule has 0 bridgehead atoms. The molecule has 1 unspecified atom stereocenters. The maximum Gasteiger partial charge on any atom is 0.165 e. The van der Waals surface area contributed by atoms with Crippen molar-refractivity contribution >= 4 is 0 Å². The van der Waals surface area contributed by atoms with Crippen LogP contribution in [0.15, 0.2) is 18.2 Å². The van der Waals surface area contributed by atoms with Gasteiger partial charge in [-0.05, 0) is 31.5 Å². The molecular formula is C11H14FO2. The van der Waals surface area contributed by atoms with Gasteiger partial charge in [0, 0.05) is 12.5 Å². The van der Waals surface area contributed by atoms with Gasteiger partial charge in [0.1, 0.15) is 0 Å². The molecule has 0 heterocycles. The summed E-state index contributed by atoms with van der Waals surface area (Å²) in [5, 5.41) is 8.88. The number of hydrogen-bond donors (Lipinski definition) is 1. The Labute approximate surface area is 83.3 Å². The van der Waals surface area contributed by atoms with Crippen LogP contribution < -0.4 is 4.74 Å². The highest BCUT2D eigenvalue weighted by molar-refractivity contribution is 5.32. The van der Waals surface area contributed by atoms with Crippen molar-refractivity contribution in [2.45, 2.75) is 12.8 Å². The molecule has 77 valence electrons. The molecule has 0 aliphatic carbocycles. The Morgan fingerprint density at radius 2 is 2.29 bits per heavy atom. The van der Waals surface area contributed by atoms with Crippen molar-refractivity contribution in [2.75, 3.05) is 13.2 Å². The second-order valence-corrected chi connectivity index (χ2v) is 3.00. The van der Waals surface area contributed by atoms with Crippen LogP contribution in [0.25, 0.3) is 0 Å². The first-order chi connectivity index (χ1) is 6.69. The zero-order valence-corrected chi connectivity index (χ0v) is 8.16. The second kappa shape index (κ2) is 4.96. The summed E-state index contributed by atoms with van der Waals surface area (Å²) in [5.74, 6) is -0.414. The average Bonchev–Trinajstić information content (AvgIpc) is 2.20. The fraction of sp³-hybridized carbons (Fsp3) is 0.364. The van der Waals surface area contributed by atoms with Gasteiger partial charge in [-0.1, -0.05) is 6.07 Å². The lowest BCUT2D eigenvalue weighted by Gasteiger charge is -2.11. The number of halogens is 1. The van der Waals surface area contributed by atoms with Crippen LogP contribution in [-0.4, -0.2) is 18.3 Å². The Bertz CT molecular complexity index is 299. The van der Waals surface area contributed by atoms with Gasteiger partial charge in [-0.25, -0.2) is 4.39 Å². The first-order valence-electron chi connectivity index (χ1n) is 4.55. The molecule has 2 nitrogen and oxygen atoms in total. The van der Waals surface area contributed by atoms with E-state index in [4.69, 9.17) is 9.84 Å². The van der Waals surface area contributed by atoms with E-state index in [1.165, 1.54) is 6.07 Å². The SMILES string of the molecule is [CH2]C(CO)c1ccc(F)c(OCC)c1. The summed E-state index contributed by atoms with van der Waals surface area (Å²) in [6, 6.07) is 4.51. The van der Waals surface area contributed by atoms with Crippen molar-refractivity contribution in [1.29, 1.82) is 0 Å². The standard InChI is InChI=1S/C11H14FO2/c1-3-14-11-6-9(8(2)7-13)4-5-10(11)12/h4-6,8,13H,2-3,7H2,1H3. The highest BCUT2D eigenvalue weighted by atomic mass is 19.1. The smallest absolute Gasteiger partial charge is 0.165 e. The maximum atomic E-state index is 13.1. The van der Waals surface area contributed by atoms with Crippen molar-refractivity contribution in [3.8, 4) is 5.75 Å². The van der Waals surface area contributed by atoms with Crippen LogP contribution in [0.5, 0.6) is 5.75 Å². The van der Waals surface area contributed by atoms with E-state index < -0.39 is 0 Å². The molecule has 1 atom stereocenters. The Balaban J connectivity index is 2.93. The van der Waals surface area contributed by atoms with Crippen molar-refractivity contribution in [1.82, 2.24) is 0 Å². The molecule has 0 amide bonds. The van der Waals surface area contributed by atoms with E-state index in [1.54, 1.807) is 19.1 Å². The number of benzene rings is 1. The molecule has 1 N–H and O–H groups in total. The molecule has 1 aromatic rings. The molecule has 0 aromatic heterocycles. The van der Waals surface area contributed by atoms with Crippen LogP contribution in [0, 0.1) is 12.7 Å². The normalized spacial score (nSPS) is 12.6. The van der Waals surface area contributed by atoms with Gasteiger partial charge in [-0.2, -0.15) is 0 Å². The van der Waals surface area contributed by atoms with Crippen LogP contribution in [0.2, 0.25) is 0 Å². The molecule has 0 aliphatic rings. The third-order valence-corrected chi connectivity index (χ3v) is 1.95. The molecule has 14 heavy (non-hydrogen) atoms. The van der Waals surface area contributed by atoms with Gasteiger partial charge in [0.2, 0.25) is 0 Å². The van der Waals surface area contributed by atoms with Crippen LogP contribution in [0.4, 0.5) is 4.39 Å². The molecule has 0 aliphatic heterocycles. The van der Waals surface area contributed by atoms with Gasteiger partial charge in [0.15, 0.2) is 11.6 Å². The summed E-state index contributed by atoms with van der Waals surface area (Å²) in [6.07, 6.45) is 0. The van der Waals surface area contributed by atoms with Gasteiger partial charge < -0.3 is 9.84 Å². The topological polar surface area (TPSA) is 29.5 Å². The third kappa shape index (κ3) is 2.45. The number of aliphatic hydroxyl groups is 1. The fourth-order valence-corrected chi connectivity index (χ4v) is 1.15. The number of hydrogen-bond acceptors (Lipinski definition) is 2. The fourth-order valence-electron chi connectivity index (χ4n) is 1.15. The summed E-state index contributed by atoms with van der Waals surface area (Å²) in [4.78, 5) is 0. The number of ether oxygens (including phenoxy) is 1. The highest BCUT2D eigenvalue weighted by Gasteiger charge is 2.08. The summed E-state index contributed by atoms with van der Waals surface area (Å²) < 4.78 is 18.2. The third-order valence-electron chi connectivity index (χ3n) is 1.95. The van der Waals surface area contributed by atoms with Crippen LogP contribution in [-0.2, 0) is 0 Å². The lowest BCUT2D eigenvalue weighted by atomic mass is 10.0. The predicted molar refractivity (Wildman–Crippen MR) is 52.8 cm³/mol. The Morgan fingerprint density at radius 1 is 1.57 bits per heavy atom. The number of rotatable bonds is 4. The molecular weight excluding hydrogens is 183 g/mol. The molecule has 3 heteroatoms. The average molecular weight is 197 g/mol. The molecule has 1 radical (unpaired) electrons. The van der Waals surface area contributed by atoms with E-state index in [1.807, 2.05) is 0 Å². The van der Waals surface area contributed by atoms with E-state index >= 15 is 0 Å². The van der Waals surface area contributed by atoms with Gasteiger partial charge in [0.25, 0.3) is 0 Å². The van der Waals surface area contributed by atoms with Crippen LogP contribution in [0.3, 0.4) is 0 Å². The minimum Gasteiger partial charge on any atom is -0.491 e. The Hall–Kier alpha value is -1.09. The van der Waals surface area contributed by atoms with Gasteiger partial charge >= 0.3 is 0 Å². The Kier molecular flexibility index (Phi) is 3.89. The van der Waals surface area contributed by atoms with E-state index in [0.717, 1.165) is 5.56 Å². The molecule has 0 saturated heterocycles. The Morgan fingerprint density at radius 3 is 2.86 bits per heavy atom. The molecule has 1 aromatic carbocycles. The van der Waals surface area contributed by atoms with Crippen LogP contribution >= 0.6 is 0 Å². The number of aliphatic hydroxyl groups excluding tert-OH is 1. The van der Waals surface area contributed by atoms with E-state index in [0.29, 0.717) is 6.61 Å². The highest BCUT2D eigenvalue weighted by Crippen LogP contribution is 2.23. The minimum atomic E-state index is -0.388. The van der Waals surface area contributed by atoms with Crippen LogP contribution in [0.1, 0.15) is 18.4 Å². The maximum absolute atomic E-state index is 13.1. The monoisotopic (exact) mass is 197 g/mol. The van der Waals surface area contributed by atoms with Crippen molar-refractivity contribution in [3.05, 3.63) is 36.5 Å². The van der Waals surface area contributed by atoms with E-state index in [2.05, 4.69) is 6.92 Å². The molecule has 0 fully saturated rings. The molecule has 1 rings (SSSR count). The van der Waals surface area contributed by atoms with Crippen molar-refractivity contribution in [2.24, 2.45) is 0 Å². The largest absolute Gasteiger partial charge is 0.491 e. The first-order valence-corrected chi connectivity index (χ1v) is 4.55. The predicted octanol–water partition coefficient (Wildman–Crippen LogP) is 2.13. The molecule has 0 spiro atoms. The van der Waals surface area contributed by atoms with E-state index in [9.17, 15) is 4.39 Å². The summed E-state index contributed by atoms with van der Waals surface area (Å²) in [5.41, 5.74) is 0.775. The van der Waals surface area contributed by atoms with Crippen molar-refractivity contribution in [3.63, 3.8) is 0 Å². The van der Waals surface area contributed by atoms with E-state index in [-0.39, 0.29) is 24.1 Å². The zero-order valence-electron chi connectivity index (χ0n) is 8.16. The summed E-state index contributed by atoms with van der Waals surface area (Å²) >= 11 is 0. The van der Waals surface area contributed by atoms with Gasteiger partial charge in [-0.3, -0.25) is 0 Å². The quantitative estimate of drug-likeness (QED) is 0.801. The first kappa shape index (κ1) is 11.0. The minimum absolute atomic E-state index is 0.0583. The van der Waals surface area contributed by atoms with Gasteiger partial charge in [0.05, 0.1) is 6.61 Å². The molecule has 0 saturated carbocycles. The lowest BCUT2D eigenvalue weighted by molar-refractivity contribution is 0.281. The lowest BCUT2D eigenvalue weighted by Crippen LogP contribution is -2.01. The summed E-state index contributed by atoms with van der Waals surface area (Å²) in [7, 11) is 0. The second-order valence-electron chi connectivity index (χ2n) is 3.00.